The van der Waals surface area contributed by atoms with E-state index in [4.69, 9.17) is 4.74 Å². The third-order valence-corrected chi connectivity index (χ3v) is 5.21. The number of aromatic nitrogens is 4. The Morgan fingerprint density at radius 3 is 2.73 bits per heavy atom. The van der Waals surface area contributed by atoms with E-state index in [-0.39, 0.29) is 23.7 Å². The number of rotatable bonds is 4. The van der Waals surface area contributed by atoms with Crippen LogP contribution in [0.15, 0.2) is 24.7 Å². The van der Waals surface area contributed by atoms with E-state index in [2.05, 4.69) is 15.3 Å². The van der Waals surface area contributed by atoms with Crippen molar-refractivity contribution in [3.8, 4) is 0 Å². The zero-order valence-corrected chi connectivity index (χ0v) is 16.5. The zero-order chi connectivity index (χ0) is 21.3. The summed E-state index contributed by atoms with van der Waals surface area (Å²) in [5.41, 5.74) is 1.17. The first kappa shape index (κ1) is 20.3. The van der Waals surface area contributed by atoms with Crippen LogP contribution in [0, 0.1) is 6.92 Å². The van der Waals surface area contributed by atoms with Gasteiger partial charge in [0.15, 0.2) is 5.69 Å². The highest BCUT2D eigenvalue weighted by Crippen LogP contribution is 2.33. The van der Waals surface area contributed by atoms with Crippen molar-refractivity contribution in [1.82, 2.24) is 29.8 Å². The number of alkyl halides is 2. The number of morpholine rings is 1. The molecule has 0 radical (unpaired) electrons. The smallest absolute Gasteiger partial charge is 0.276 e. The molecule has 0 unspecified atom stereocenters. The highest BCUT2D eigenvalue weighted by Gasteiger charge is 2.47. The fourth-order valence-electron chi connectivity index (χ4n) is 3.77. The summed E-state index contributed by atoms with van der Waals surface area (Å²) in [5.74, 6) is -3.77. The number of hydrogen-bond acceptors (Lipinski definition) is 6. The Morgan fingerprint density at radius 1 is 1.23 bits per heavy atom. The Labute approximate surface area is 171 Å². The van der Waals surface area contributed by atoms with Crippen molar-refractivity contribution < 1.29 is 23.1 Å². The van der Waals surface area contributed by atoms with Gasteiger partial charge in [-0.2, -0.15) is 0 Å². The van der Waals surface area contributed by atoms with Crippen LogP contribution < -0.4 is 0 Å². The van der Waals surface area contributed by atoms with Crippen LogP contribution in [0.25, 0.3) is 0 Å². The second-order valence-corrected chi connectivity index (χ2v) is 7.63. The fraction of sp³-hybridized carbons (Fsp3) is 0.526. The first-order valence-corrected chi connectivity index (χ1v) is 9.70. The van der Waals surface area contributed by atoms with Crippen molar-refractivity contribution in [2.75, 3.05) is 32.8 Å². The van der Waals surface area contributed by atoms with E-state index in [1.54, 1.807) is 24.1 Å². The molecule has 160 valence electrons. The Balaban J connectivity index is 1.49. The van der Waals surface area contributed by atoms with E-state index >= 15 is 0 Å². The Morgan fingerprint density at radius 2 is 2.00 bits per heavy atom. The van der Waals surface area contributed by atoms with Gasteiger partial charge in [-0.05, 0) is 18.6 Å². The van der Waals surface area contributed by atoms with Gasteiger partial charge in [0.2, 0.25) is 0 Å². The molecule has 0 aliphatic carbocycles. The van der Waals surface area contributed by atoms with Gasteiger partial charge in [0.25, 0.3) is 17.7 Å². The number of likely N-dealkylation sites (tertiary alicyclic amines) is 1. The van der Waals surface area contributed by atoms with E-state index in [1.165, 1.54) is 17.1 Å². The fourth-order valence-corrected chi connectivity index (χ4v) is 3.77. The summed E-state index contributed by atoms with van der Waals surface area (Å²) < 4.78 is 34.9. The van der Waals surface area contributed by atoms with Crippen molar-refractivity contribution in [2.24, 2.45) is 0 Å². The first-order chi connectivity index (χ1) is 14.3. The number of pyridine rings is 1. The maximum absolute atomic E-state index is 14.2. The van der Waals surface area contributed by atoms with Crippen LogP contribution in [0.2, 0.25) is 0 Å². The molecule has 0 aromatic carbocycles. The molecule has 1 atom stereocenters. The summed E-state index contributed by atoms with van der Waals surface area (Å²) in [7, 11) is 0. The number of carbonyl (C=O) groups excluding carboxylic acids is 2. The molecular formula is C19H22F2N6O3. The number of nitrogens with zero attached hydrogens (tertiary/aromatic N) is 6. The first-order valence-electron chi connectivity index (χ1n) is 9.70. The number of ether oxygens (including phenoxy) is 1. The van der Waals surface area contributed by atoms with Crippen molar-refractivity contribution in [2.45, 2.75) is 31.9 Å². The molecule has 2 aromatic heterocycles. The molecule has 0 bridgehead atoms. The van der Waals surface area contributed by atoms with Crippen LogP contribution in [0.3, 0.4) is 0 Å². The molecule has 2 fully saturated rings. The highest BCUT2D eigenvalue weighted by atomic mass is 19.3. The van der Waals surface area contributed by atoms with Gasteiger partial charge in [0.1, 0.15) is 0 Å². The van der Waals surface area contributed by atoms with Crippen LogP contribution in [0.5, 0.6) is 0 Å². The molecule has 2 saturated heterocycles. The van der Waals surface area contributed by atoms with E-state index in [9.17, 15) is 18.4 Å². The SMILES string of the molecule is Cc1cncc(C(=O)N2CC(F)(F)C[C@H]2Cn2cc(C(=O)N3CCOCC3)nn2)c1. The van der Waals surface area contributed by atoms with E-state index in [0.29, 0.717) is 26.3 Å². The molecule has 2 amide bonds. The van der Waals surface area contributed by atoms with Crippen LogP contribution in [-0.4, -0.2) is 86.4 Å². The molecule has 4 heterocycles. The average Bonchev–Trinajstić information content (AvgIpc) is 3.31. The predicted molar refractivity (Wildman–Crippen MR) is 100 cm³/mol. The number of hydrogen-bond donors (Lipinski definition) is 0. The second kappa shape index (κ2) is 8.05. The third kappa shape index (κ3) is 4.30. The Kier molecular flexibility index (Phi) is 5.46. The molecule has 0 N–H and O–H groups in total. The van der Waals surface area contributed by atoms with E-state index in [1.807, 2.05) is 0 Å². The lowest BCUT2D eigenvalue weighted by Crippen LogP contribution is -2.40. The van der Waals surface area contributed by atoms with Crippen LogP contribution in [-0.2, 0) is 11.3 Å². The van der Waals surface area contributed by atoms with Crippen LogP contribution in [0.1, 0.15) is 32.8 Å². The summed E-state index contributed by atoms with van der Waals surface area (Å²) >= 11 is 0. The van der Waals surface area contributed by atoms with Crippen LogP contribution >= 0.6 is 0 Å². The zero-order valence-electron chi connectivity index (χ0n) is 16.5. The van der Waals surface area contributed by atoms with E-state index in [0.717, 1.165) is 10.5 Å². The topological polar surface area (TPSA) is 93.5 Å². The number of halogens is 2. The van der Waals surface area contributed by atoms with Gasteiger partial charge >= 0.3 is 0 Å². The number of carbonyl (C=O) groups is 2. The number of aryl methyl sites for hydroxylation is 1. The summed E-state index contributed by atoms with van der Waals surface area (Å²) in [6.45, 7) is 2.98. The third-order valence-electron chi connectivity index (χ3n) is 5.21. The van der Waals surface area contributed by atoms with Gasteiger partial charge in [-0.1, -0.05) is 5.21 Å². The molecule has 2 aliphatic rings. The predicted octanol–water partition coefficient (Wildman–Crippen LogP) is 1.00. The Bertz CT molecular complexity index is 944. The van der Waals surface area contributed by atoms with Gasteiger partial charge in [-0.3, -0.25) is 14.6 Å². The molecule has 2 aliphatic heterocycles. The molecule has 2 aromatic rings. The molecule has 4 rings (SSSR count). The van der Waals surface area contributed by atoms with Gasteiger partial charge in [0, 0.05) is 31.9 Å². The minimum Gasteiger partial charge on any atom is -0.378 e. The van der Waals surface area contributed by atoms with Crippen molar-refractivity contribution in [3.05, 3.63) is 41.5 Å². The van der Waals surface area contributed by atoms with Gasteiger partial charge in [-0.15, -0.1) is 5.10 Å². The minimum atomic E-state index is -3.00. The second-order valence-electron chi connectivity index (χ2n) is 7.63. The largest absolute Gasteiger partial charge is 0.378 e. The summed E-state index contributed by atoms with van der Waals surface area (Å²) in [6.07, 6.45) is 3.92. The molecular weight excluding hydrogens is 398 g/mol. The lowest BCUT2D eigenvalue weighted by atomic mass is 10.1. The van der Waals surface area contributed by atoms with Gasteiger partial charge < -0.3 is 14.5 Å². The van der Waals surface area contributed by atoms with Crippen molar-refractivity contribution in [3.63, 3.8) is 0 Å². The maximum atomic E-state index is 14.2. The molecule has 0 saturated carbocycles. The minimum absolute atomic E-state index is 0.0178. The molecule has 0 spiro atoms. The molecule has 30 heavy (non-hydrogen) atoms. The standard InChI is InChI=1S/C19H22F2N6O3/c1-13-6-14(9-22-8-13)17(28)27-12-19(20,21)7-15(27)10-26-11-16(23-24-26)18(29)25-2-4-30-5-3-25/h6,8-9,11,15H,2-5,7,10,12H2,1H3/t15-/m0/s1. The molecule has 9 nitrogen and oxygen atoms in total. The number of amides is 2. The maximum Gasteiger partial charge on any atom is 0.276 e. The summed E-state index contributed by atoms with van der Waals surface area (Å²) in [5, 5.41) is 7.81. The quantitative estimate of drug-likeness (QED) is 0.733. The van der Waals surface area contributed by atoms with Gasteiger partial charge in [-0.25, -0.2) is 13.5 Å². The lowest BCUT2D eigenvalue weighted by Gasteiger charge is -2.25. The molecule has 11 heteroatoms. The van der Waals surface area contributed by atoms with Crippen molar-refractivity contribution in [1.29, 1.82) is 0 Å². The normalized spacial score (nSPS) is 21.1. The lowest BCUT2D eigenvalue weighted by molar-refractivity contribution is 0.0117. The van der Waals surface area contributed by atoms with Gasteiger partial charge in [0.05, 0.1) is 44.1 Å². The van der Waals surface area contributed by atoms with Crippen LogP contribution in [0.4, 0.5) is 8.78 Å². The monoisotopic (exact) mass is 420 g/mol. The Hall–Kier alpha value is -2.95. The summed E-state index contributed by atoms with van der Waals surface area (Å²) in [6, 6.07) is 0.846. The van der Waals surface area contributed by atoms with Crippen molar-refractivity contribution >= 4 is 11.8 Å². The highest BCUT2D eigenvalue weighted by molar-refractivity contribution is 5.94. The van der Waals surface area contributed by atoms with E-state index < -0.39 is 30.8 Å². The summed E-state index contributed by atoms with van der Waals surface area (Å²) in [4.78, 5) is 32.1. The average molecular weight is 420 g/mol.